The highest BCUT2D eigenvalue weighted by Crippen LogP contribution is 2.47. The zero-order valence-corrected chi connectivity index (χ0v) is 31.2. The number of hydrogen-bond acceptors (Lipinski definition) is 11. The van der Waals surface area contributed by atoms with E-state index in [1.807, 2.05) is 6.08 Å². The first-order valence-corrected chi connectivity index (χ1v) is 20.4. The quantitative estimate of drug-likeness (QED) is 0.0301. The van der Waals surface area contributed by atoms with Crippen LogP contribution in [0.15, 0.2) is 24.3 Å². The van der Waals surface area contributed by atoms with Crippen molar-refractivity contribution in [1.82, 2.24) is 5.32 Å². The molecule has 0 spiro atoms. The molecule has 0 bridgehead atoms. The minimum absolute atomic E-state index is 0.251. The molecular formula is C36H68NO12P. The standard InChI is InChI=1S/C36H68NO12P/c1-3-5-7-9-11-12-13-14-15-16-18-19-21-23-27(38)25-30(40)37-28(29(39)24-22-20-17-10-8-6-4-2)26-48-50(46,47)49-36-34(44)32(42)31(41)33(43)35(36)45/h8,10,22,24,27-29,31-36,38-39,41-45H,3-7,9,11-21,23,25-26H2,1-2H3,(H,37,40)(H,46,47)/b10-8+,24-22+. The van der Waals surface area contributed by atoms with Crippen LogP contribution in [-0.4, -0.2) is 108 Å². The summed E-state index contributed by atoms with van der Waals surface area (Å²) in [7, 11) is -5.13. The Hall–Kier alpha value is -1.22. The molecule has 0 heterocycles. The molecular weight excluding hydrogens is 669 g/mol. The summed E-state index contributed by atoms with van der Waals surface area (Å²) in [4.78, 5) is 23.1. The zero-order valence-electron chi connectivity index (χ0n) is 30.3. The Morgan fingerprint density at radius 1 is 0.700 bits per heavy atom. The van der Waals surface area contributed by atoms with Crippen LogP contribution in [-0.2, 0) is 18.4 Å². The fourth-order valence-corrected chi connectivity index (χ4v) is 6.82. The van der Waals surface area contributed by atoms with Gasteiger partial charge in [0.2, 0.25) is 5.91 Å². The predicted molar refractivity (Wildman–Crippen MR) is 192 cm³/mol. The van der Waals surface area contributed by atoms with Crippen LogP contribution in [0, 0.1) is 0 Å². The summed E-state index contributed by atoms with van der Waals surface area (Å²) >= 11 is 0. The number of allylic oxidation sites excluding steroid dienone is 3. The molecule has 0 aliphatic heterocycles. The normalized spacial score (nSPS) is 25.9. The molecule has 14 heteroatoms. The summed E-state index contributed by atoms with van der Waals surface area (Å²) in [6.45, 7) is 3.55. The molecule has 0 aromatic carbocycles. The number of carbonyl (C=O) groups excluding carboxylic acids is 1. The Kier molecular flexibility index (Phi) is 25.6. The third-order valence-corrected chi connectivity index (χ3v) is 10.0. The van der Waals surface area contributed by atoms with Gasteiger partial charge in [0.25, 0.3) is 0 Å². The lowest BCUT2D eigenvalue weighted by Crippen LogP contribution is -2.64. The number of rotatable bonds is 29. The molecule has 0 aromatic rings. The van der Waals surface area contributed by atoms with Gasteiger partial charge in [-0.15, -0.1) is 0 Å². The number of phosphoric acid groups is 1. The number of carbonyl (C=O) groups is 1. The fourth-order valence-electron chi connectivity index (χ4n) is 5.85. The van der Waals surface area contributed by atoms with Crippen molar-refractivity contribution in [2.75, 3.05) is 6.61 Å². The van der Waals surface area contributed by atoms with Crippen LogP contribution in [0.1, 0.15) is 136 Å². The number of unbranched alkanes of at least 4 members (excludes halogenated alkanes) is 14. The summed E-state index contributed by atoms with van der Waals surface area (Å²) in [5.74, 6) is -0.609. The smallest absolute Gasteiger partial charge is 0.393 e. The lowest BCUT2D eigenvalue weighted by atomic mass is 9.85. The second-order valence-corrected chi connectivity index (χ2v) is 15.0. The molecule has 8 unspecified atom stereocenters. The summed E-state index contributed by atoms with van der Waals surface area (Å²) in [6, 6.07) is -1.25. The molecule has 13 nitrogen and oxygen atoms in total. The molecule has 1 saturated carbocycles. The lowest BCUT2D eigenvalue weighted by Gasteiger charge is -2.41. The van der Waals surface area contributed by atoms with Gasteiger partial charge in [0, 0.05) is 0 Å². The summed E-state index contributed by atoms with van der Waals surface area (Å²) in [5, 5.41) is 73.7. The number of hydrogen-bond donors (Lipinski definition) is 9. The predicted octanol–water partition coefficient (Wildman–Crippen LogP) is 4.08. The van der Waals surface area contributed by atoms with Gasteiger partial charge in [0.15, 0.2) is 0 Å². The third-order valence-electron chi connectivity index (χ3n) is 9.02. The van der Waals surface area contributed by atoms with E-state index in [4.69, 9.17) is 9.05 Å². The SMILES string of the molecule is CCC/C=C/CC/C=C/C(O)C(COP(=O)(O)OC1C(O)C(O)C(O)C(O)C1O)NC(=O)CC(O)CCCCCCCCCCCCCCC. The first-order valence-electron chi connectivity index (χ1n) is 18.9. The topological polar surface area (TPSA) is 226 Å². The lowest BCUT2D eigenvalue weighted by molar-refractivity contribution is -0.220. The van der Waals surface area contributed by atoms with Crippen LogP contribution in [0.3, 0.4) is 0 Å². The van der Waals surface area contributed by atoms with E-state index < -0.39 is 75.2 Å². The molecule has 8 atom stereocenters. The second kappa shape index (κ2) is 27.4. The van der Waals surface area contributed by atoms with Crippen LogP contribution in [0.2, 0.25) is 0 Å². The Balaban J connectivity index is 2.61. The van der Waals surface area contributed by atoms with Crippen molar-refractivity contribution < 1.29 is 59.0 Å². The maximum absolute atomic E-state index is 12.8. The number of phosphoric ester groups is 1. The van der Waals surface area contributed by atoms with Crippen molar-refractivity contribution in [3.8, 4) is 0 Å². The largest absolute Gasteiger partial charge is 0.472 e. The van der Waals surface area contributed by atoms with Crippen molar-refractivity contribution in [1.29, 1.82) is 0 Å². The van der Waals surface area contributed by atoms with Crippen molar-refractivity contribution in [2.45, 2.75) is 191 Å². The van der Waals surface area contributed by atoms with E-state index in [9.17, 15) is 50.0 Å². The van der Waals surface area contributed by atoms with Crippen molar-refractivity contribution in [3.05, 3.63) is 24.3 Å². The minimum Gasteiger partial charge on any atom is -0.393 e. The van der Waals surface area contributed by atoms with Crippen LogP contribution < -0.4 is 5.32 Å². The summed E-state index contributed by atoms with van der Waals surface area (Å²) < 4.78 is 22.6. The molecule has 1 aliphatic carbocycles. The Morgan fingerprint density at radius 2 is 1.18 bits per heavy atom. The summed E-state index contributed by atoms with van der Waals surface area (Å²) in [6.07, 6.45) is 12.0. The first-order chi connectivity index (χ1) is 23.8. The van der Waals surface area contributed by atoms with Gasteiger partial charge in [0.05, 0.1) is 31.3 Å². The van der Waals surface area contributed by atoms with Crippen LogP contribution >= 0.6 is 7.82 Å². The first kappa shape index (κ1) is 46.8. The van der Waals surface area contributed by atoms with Gasteiger partial charge >= 0.3 is 7.82 Å². The van der Waals surface area contributed by atoms with Crippen molar-refractivity contribution >= 4 is 13.7 Å². The van der Waals surface area contributed by atoms with Gasteiger partial charge in [0.1, 0.15) is 36.6 Å². The Bertz CT molecular complexity index is 969. The maximum atomic E-state index is 12.8. The molecule has 1 aliphatic rings. The average molecular weight is 738 g/mol. The molecule has 0 saturated heterocycles. The highest BCUT2D eigenvalue weighted by Gasteiger charge is 2.51. The van der Waals surface area contributed by atoms with Gasteiger partial charge in [-0.3, -0.25) is 13.8 Å². The molecule has 1 fully saturated rings. The van der Waals surface area contributed by atoms with E-state index in [1.165, 1.54) is 63.9 Å². The van der Waals surface area contributed by atoms with E-state index >= 15 is 0 Å². The van der Waals surface area contributed by atoms with Crippen LogP contribution in [0.25, 0.3) is 0 Å². The van der Waals surface area contributed by atoms with Crippen molar-refractivity contribution in [3.63, 3.8) is 0 Å². The summed E-state index contributed by atoms with van der Waals surface area (Å²) in [5.41, 5.74) is 0. The van der Waals surface area contributed by atoms with E-state index in [1.54, 1.807) is 6.08 Å². The number of amides is 1. The molecule has 0 aromatic heterocycles. The Labute approximate surface area is 299 Å². The fraction of sp³-hybridized carbons (Fsp3) is 0.861. The molecule has 50 heavy (non-hydrogen) atoms. The third kappa shape index (κ3) is 20.1. The van der Waals surface area contributed by atoms with E-state index in [0.29, 0.717) is 12.8 Å². The van der Waals surface area contributed by atoms with E-state index in [2.05, 4.69) is 25.2 Å². The number of aliphatic hydroxyl groups excluding tert-OH is 7. The average Bonchev–Trinajstić information content (AvgIpc) is 3.08. The second-order valence-electron chi connectivity index (χ2n) is 13.6. The Morgan fingerprint density at radius 3 is 1.72 bits per heavy atom. The van der Waals surface area contributed by atoms with Gasteiger partial charge in [-0.2, -0.15) is 0 Å². The van der Waals surface area contributed by atoms with Crippen LogP contribution in [0.4, 0.5) is 0 Å². The monoisotopic (exact) mass is 737 g/mol. The van der Waals surface area contributed by atoms with Gasteiger partial charge in [-0.05, 0) is 25.7 Å². The molecule has 9 N–H and O–H groups in total. The highest BCUT2D eigenvalue weighted by molar-refractivity contribution is 7.47. The van der Waals surface area contributed by atoms with Crippen LogP contribution in [0.5, 0.6) is 0 Å². The maximum Gasteiger partial charge on any atom is 0.472 e. The number of aliphatic hydroxyl groups is 7. The molecule has 1 amide bonds. The molecule has 0 radical (unpaired) electrons. The van der Waals surface area contributed by atoms with Gasteiger partial charge in [-0.1, -0.05) is 128 Å². The minimum atomic E-state index is -5.13. The molecule has 1 rings (SSSR count). The van der Waals surface area contributed by atoms with Gasteiger partial charge < -0.3 is 46.0 Å². The van der Waals surface area contributed by atoms with E-state index in [-0.39, 0.29) is 6.42 Å². The molecule has 294 valence electrons. The van der Waals surface area contributed by atoms with E-state index in [0.717, 1.165) is 44.9 Å². The van der Waals surface area contributed by atoms with Crippen molar-refractivity contribution in [2.24, 2.45) is 0 Å². The zero-order chi connectivity index (χ0) is 37.4. The number of nitrogens with one attached hydrogen (secondary N) is 1. The van der Waals surface area contributed by atoms with Gasteiger partial charge in [-0.25, -0.2) is 4.57 Å². The highest BCUT2D eigenvalue weighted by atomic mass is 31.2.